The molecule has 1 saturated heterocycles. The summed E-state index contributed by atoms with van der Waals surface area (Å²) >= 11 is 0. The Balaban J connectivity index is 1.84. The molecule has 16 heteroatoms. The molecule has 3 unspecified atom stereocenters. The number of hydrogen-bond acceptors (Lipinski definition) is 6. The van der Waals surface area contributed by atoms with Gasteiger partial charge in [-0.3, -0.25) is 24.4 Å². The number of benzene rings is 1. The number of nitrogens with one attached hydrogen (secondary N) is 1. The third-order valence-electron chi connectivity index (χ3n) is 7.68. The van der Waals surface area contributed by atoms with E-state index in [-0.39, 0.29) is 43.5 Å². The first kappa shape index (κ1) is 32.3. The lowest BCUT2D eigenvalue weighted by molar-refractivity contribution is -0.129. The van der Waals surface area contributed by atoms with E-state index in [4.69, 9.17) is 0 Å². The fourth-order valence-corrected chi connectivity index (χ4v) is 6.10. The van der Waals surface area contributed by atoms with Crippen molar-refractivity contribution in [1.29, 1.82) is 5.26 Å². The second-order valence-electron chi connectivity index (χ2n) is 11.4. The lowest BCUT2D eigenvalue weighted by atomic mass is 9.91. The fourth-order valence-electron chi connectivity index (χ4n) is 5.45. The minimum atomic E-state index is -10.1. The van der Waals surface area contributed by atoms with Gasteiger partial charge >= 0.3 is 10.2 Å². The van der Waals surface area contributed by atoms with Gasteiger partial charge in [0.25, 0.3) is 5.91 Å². The van der Waals surface area contributed by atoms with E-state index in [0.29, 0.717) is 17.7 Å². The summed E-state index contributed by atoms with van der Waals surface area (Å²) in [7, 11) is -10.1. The molecule has 2 aromatic rings. The summed E-state index contributed by atoms with van der Waals surface area (Å²) in [4.78, 5) is 31.6. The first-order valence-electron chi connectivity index (χ1n) is 13.3. The molecule has 43 heavy (non-hydrogen) atoms. The third-order valence-corrected chi connectivity index (χ3v) is 8.84. The predicted molar refractivity (Wildman–Crippen MR) is 144 cm³/mol. The Bertz CT molecular complexity index is 1440. The van der Waals surface area contributed by atoms with Crippen molar-refractivity contribution in [2.75, 3.05) is 11.4 Å². The van der Waals surface area contributed by atoms with Gasteiger partial charge in [0.2, 0.25) is 11.8 Å². The summed E-state index contributed by atoms with van der Waals surface area (Å²) in [5.74, 6) is -4.78. The molecule has 1 saturated carbocycles. The van der Waals surface area contributed by atoms with E-state index in [2.05, 4.69) is 10.3 Å². The van der Waals surface area contributed by atoms with E-state index in [1.807, 2.05) is 0 Å². The Kier molecular flexibility index (Phi) is 7.71. The van der Waals surface area contributed by atoms with Gasteiger partial charge in [0.05, 0.1) is 12.1 Å². The molecule has 3 atom stereocenters. The number of carbonyl (C=O) groups is 2. The standard InChI is InChI=1S/C27H30F7N5O3S/c1-17-9-12-36-14-21(17)23(24(40)37-18-7-10-27(28,29)11-8-18)39(25(41)22-13-26(2,42)15-38(22)16-35)19-3-5-20(6-4-19)43(30,31,32,33)34/h3-6,9,12,14,18,22-23,42H,7-8,10-11,13,15H2,1-2H3,(H,37,40). The van der Waals surface area contributed by atoms with E-state index >= 15 is 0 Å². The van der Waals surface area contributed by atoms with Crippen molar-refractivity contribution in [2.45, 2.75) is 80.5 Å². The van der Waals surface area contributed by atoms with Crippen molar-refractivity contribution in [3.05, 3.63) is 53.9 Å². The number of rotatable bonds is 7. The second-order valence-corrected chi connectivity index (χ2v) is 13.8. The number of aromatic nitrogens is 1. The number of pyridine rings is 1. The SMILES string of the molecule is Cc1ccncc1C(C(=O)NC1CCC(F)(F)CC1)N(C(=O)C1CC(C)(O)CN1C#N)c1ccc(S(F)(F)(F)(F)F)cc1. The quantitative estimate of drug-likeness (QED) is 0.280. The number of nitrogens with zero attached hydrogens (tertiary/aromatic N) is 4. The molecule has 2 amide bonds. The van der Waals surface area contributed by atoms with Crippen molar-refractivity contribution in [1.82, 2.24) is 15.2 Å². The average Bonchev–Trinajstić information content (AvgIpc) is 3.22. The third kappa shape index (κ3) is 7.32. The van der Waals surface area contributed by atoms with Crippen molar-refractivity contribution in [2.24, 2.45) is 0 Å². The number of aryl methyl sites for hydroxylation is 1. The van der Waals surface area contributed by atoms with Crippen molar-refractivity contribution >= 4 is 27.7 Å². The highest BCUT2D eigenvalue weighted by Gasteiger charge is 2.65. The molecule has 0 radical (unpaired) electrons. The molecule has 2 heterocycles. The number of β-amino-alcohol motifs (C(OH)–C–C–N with tert-alkyl or cyclic N) is 1. The van der Waals surface area contributed by atoms with Crippen LogP contribution in [-0.4, -0.2) is 57.0 Å². The highest BCUT2D eigenvalue weighted by atomic mass is 32.5. The maximum Gasteiger partial charge on any atom is 0.310 e. The Morgan fingerprint density at radius 2 is 1.74 bits per heavy atom. The van der Waals surface area contributed by atoms with Crippen molar-refractivity contribution < 1.29 is 42.9 Å². The normalized spacial score (nSPS) is 24.8. The van der Waals surface area contributed by atoms with Crippen LogP contribution in [0.4, 0.5) is 33.9 Å². The molecule has 4 rings (SSSR count). The van der Waals surface area contributed by atoms with E-state index in [1.165, 1.54) is 25.4 Å². The number of nitriles is 1. The number of anilines is 1. The van der Waals surface area contributed by atoms with E-state index in [9.17, 15) is 48.2 Å². The van der Waals surface area contributed by atoms with Gasteiger partial charge in [0, 0.05) is 48.9 Å². The number of halogens is 7. The lowest BCUT2D eigenvalue weighted by Gasteiger charge is -2.41. The summed E-state index contributed by atoms with van der Waals surface area (Å²) in [5.41, 5.74) is -1.39. The van der Waals surface area contributed by atoms with Crippen LogP contribution in [0.25, 0.3) is 0 Å². The summed E-state index contributed by atoms with van der Waals surface area (Å²) < 4.78 is 95.1. The molecule has 236 valence electrons. The second kappa shape index (κ2) is 10.3. The minimum Gasteiger partial charge on any atom is -0.388 e. The molecule has 1 aliphatic heterocycles. The Morgan fingerprint density at radius 1 is 1.14 bits per heavy atom. The van der Waals surface area contributed by atoms with E-state index < -0.39 is 75.1 Å². The topological polar surface area (TPSA) is 110 Å². The smallest absolute Gasteiger partial charge is 0.310 e. The first-order valence-corrected chi connectivity index (χ1v) is 15.2. The van der Waals surface area contributed by atoms with Gasteiger partial charge in [-0.1, -0.05) is 19.4 Å². The fraction of sp³-hybridized carbons (Fsp3) is 0.481. The number of hydrogen-bond donors (Lipinski definition) is 2. The van der Waals surface area contributed by atoms with Crippen LogP contribution in [0, 0.1) is 18.4 Å². The summed E-state index contributed by atoms with van der Waals surface area (Å²) in [6, 6.07) is -0.849. The Morgan fingerprint density at radius 3 is 2.28 bits per heavy atom. The first-order chi connectivity index (χ1) is 19.6. The van der Waals surface area contributed by atoms with Gasteiger partial charge in [-0.25, -0.2) is 8.78 Å². The maximum absolute atomic E-state index is 14.2. The van der Waals surface area contributed by atoms with Gasteiger partial charge in [-0.2, -0.15) is 5.26 Å². The highest BCUT2D eigenvalue weighted by molar-refractivity contribution is 8.45. The van der Waals surface area contributed by atoms with Crippen LogP contribution in [0.15, 0.2) is 47.6 Å². The van der Waals surface area contributed by atoms with E-state index in [1.54, 1.807) is 13.1 Å². The van der Waals surface area contributed by atoms with Gasteiger partial charge in [0.1, 0.15) is 17.0 Å². The summed E-state index contributed by atoms with van der Waals surface area (Å²) in [5, 5.41) is 22.9. The zero-order valence-corrected chi connectivity index (χ0v) is 23.9. The predicted octanol–water partition coefficient (Wildman–Crippen LogP) is 6.12. The minimum absolute atomic E-state index is 0.0856. The molecule has 8 nitrogen and oxygen atoms in total. The lowest BCUT2D eigenvalue weighted by Crippen LogP contribution is -2.52. The van der Waals surface area contributed by atoms with Crippen LogP contribution in [0.5, 0.6) is 0 Å². The molecule has 1 aliphatic carbocycles. The van der Waals surface area contributed by atoms with Crippen LogP contribution in [0.3, 0.4) is 0 Å². The molecule has 1 aromatic heterocycles. The zero-order valence-electron chi connectivity index (χ0n) is 23.1. The van der Waals surface area contributed by atoms with Crippen LogP contribution in [0.2, 0.25) is 0 Å². The molecule has 2 N–H and O–H groups in total. The van der Waals surface area contributed by atoms with Crippen molar-refractivity contribution in [3.63, 3.8) is 0 Å². The molecule has 0 bridgehead atoms. The van der Waals surface area contributed by atoms with Gasteiger partial charge in [-0.05, 0) is 62.6 Å². The molecular formula is C27H30F7N5O3S. The maximum atomic E-state index is 14.2. The number of carbonyl (C=O) groups excluding carboxylic acids is 2. The van der Waals surface area contributed by atoms with Crippen LogP contribution in [-0.2, 0) is 9.59 Å². The summed E-state index contributed by atoms with van der Waals surface area (Å²) in [6.07, 6.45) is 2.95. The number of alkyl halides is 2. The largest absolute Gasteiger partial charge is 0.388 e. The van der Waals surface area contributed by atoms with Crippen LogP contribution < -0.4 is 10.2 Å². The van der Waals surface area contributed by atoms with Crippen molar-refractivity contribution in [3.8, 4) is 6.19 Å². The van der Waals surface area contributed by atoms with E-state index in [0.717, 1.165) is 9.80 Å². The molecule has 1 aromatic carbocycles. The monoisotopic (exact) mass is 637 g/mol. The molecule has 2 aliphatic rings. The zero-order chi connectivity index (χ0) is 32.1. The van der Waals surface area contributed by atoms with Gasteiger partial charge in [0.15, 0.2) is 6.19 Å². The molecule has 0 spiro atoms. The number of likely N-dealkylation sites (tertiary alicyclic amines) is 1. The van der Waals surface area contributed by atoms with Crippen LogP contribution in [0.1, 0.15) is 56.2 Å². The molecule has 2 fully saturated rings. The Labute approximate surface area is 243 Å². The number of aliphatic hydroxyl groups is 1. The highest BCUT2D eigenvalue weighted by Crippen LogP contribution is 3.02. The van der Waals surface area contributed by atoms with Gasteiger partial charge < -0.3 is 10.4 Å². The Hall–Kier alpha value is -3.58. The number of amides is 2. The van der Waals surface area contributed by atoms with Crippen LogP contribution >= 0.6 is 10.2 Å². The average molecular weight is 638 g/mol. The summed E-state index contributed by atoms with van der Waals surface area (Å²) in [6.45, 7) is 2.67. The van der Waals surface area contributed by atoms with Gasteiger partial charge in [-0.15, -0.1) is 0 Å². The molecular weight excluding hydrogens is 607 g/mol.